The van der Waals surface area contributed by atoms with Gasteiger partial charge in [-0.15, -0.1) is 0 Å². The van der Waals surface area contributed by atoms with E-state index >= 15 is 0 Å². The van der Waals surface area contributed by atoms with Gasteiger partial charge in [0.1, 0.15) is 18.4 Å². The summed E-state index contributed by atoms with van der Waals surface area (Å²) in [6.45, 7) is 8.90. The Balaban J connectivity index is 1.74. The predicted octanol–water partition coefficient (Wildman–Crippen LogP) is 1.84. The van der Waals surface area contributed by atoms with Crippen LogP contribution < -0.4 is 20.4 Å². The van der Waals surface area contributed by atoms with Gasteiger partial charge in [-0.25, -0.2) is 5.43 Å². The number of rotatable bonds is 5. The Morgan fingerprint density at radius 2 is 2.25 bits per heavy atom. The first-order valence-electron chi connectivity index (χ1n) is 9.61. The van der Waals surface area contributed by atoms with E-state index in [9.17, 15) is 4.79 Å². The molecule has 1 unspecified atom stereocenters. The number of hydrogen-bond acceptors (Lipinski definition) is 7. The standard InChI is InChI=1S/C20H27N5O3/c1-5-27-7-6-14-8-17-16(9-15(14)21-20(3)11-24(4)12-20)25-13(2)19(26)23-22-18(25)10-28-17/h6-9,13,21H,5,10-12H2,1-4H3,(H,23,26). The first-order chi connectivity index (χ1) is 13.4. The lowest BCUT2D eigenvalue weighted by Crippen LogP contribution is -2.62. The van der Waals surface area contributed by atoms with E-state index in [1.54, 1.807) is 6.26 Å². The normalized spacial score (nSPS) is 23.1. The average Bonchev–Trinajstić information content (AvgIpc) is 2.63. The highest BCUT2D eigenvalue weighted by molar-refractivity contribution is 6.09. The monoisotopic (exact) mass is 385 g/mol. The molecule has 0 aromatic heterocycles. The smallest absolute Gasteiger partial charge is 0.262 e. The number of fused-ring (bicyclic) bond motifs is 3. The van der Waals surface area contributed by atoms with E-state index in [2.05, 4.69) is 34.7 Å². The number of amidine groups is 1. The fraction of sp³-hybridized carbons (Fsp3) is 0.500. The molecular formula is C20H27N5O3. The van der Waals surface area contributed by atoms with Crippen molar-refractivity contribution in [3.63, 3.8) is 0 Å². The van der Waals surface area contributed by atoms with E-state index in [4.69, 9.17) is 9.47 Å². The molecule has 1 atom stereocenters. The van der Waals surface area contributed by atoms with Crippen molar-refractivity contribution in [1.29, 1.82) is 0 Å². The molecule has 1 fully saturated rings. The highest BCUT2D eigenvalue weighted by Crippen LogP contribution is 2.40. The summed E-state index contributed by atoms with van der Waals surface area (Å²) in [5.74, 6) is 1.31. The number of anilines is 2. The van der Waals surface area contributed by atoms with Gasteiger partial charge in [-0.2, -0.15) is 5.10 Å². The number of benzene rings is 1. The van der Waals surface area contributed by atoms with Crippen LogP contribution in [-0.2, 0) is 9.53 Å². The summed E-state index contributed by atoms with van der Waals surface area (Å²) in [7, 11) is 2.11. The lowest BCUT2D eigenvalue weighted by atomic mass is 9.92. The van der Waals surface area contributed by atoms with Gasteiger partial charge in [-0.3, -0.25) is 4.79 Å². The topological polar surface area (TPSA) is 78.4 Å². The van der Waals surface area contributed by atoms with Gasteiger partial charge in [0.05, 0.1) is 24.1 Å². The molecule has 28 heavy (non-hydrogen) atoms. The zero-order chi connectivity index (χ0) is 19.9. The number of likely N-dealkylation sites (N-methyl/N-ethyl adjacent to an activating group) is 1. The molecule has 3 aliphatic rings. The van der Waals surface area contributed by atoms with E-state index < -0.39 is 0 Å². The van der Waals surface area contributed by atoms with Crippen LogP contribution in [0.1, 0.15) is 26.3 Å². The number of hydrogen-bond donors (Lipinski definition) is 2. The van der Waals surface area contributed by atoms with Gasteiger partial charge in [0.2, 0.25) is 0 Å². The maximum Gasteiger partial charge on any atom is 0.262 e. The summed E-state index contributed by atoms with van der Waals surface area (Å²) in [4.78, 5) is 16.4. The lowest BCUT2D eigenvalue weighted by Gasteiger charge is -2.47. The predicted molar refractivity (Wildman–Crippen MR) is 110 cm³/mol. The Hall–Kier alpha value is -2.74. The first kappa shape index (κ1) is 18.6. The SMILES string of the molecule is CCOC=Cc1cc2c(cc1NC1(C)CN(C)C1)N1C(=NNC(=O)C1C)CO2. The van der Waals surface area contributed by atoms with Crippen LogP contribution in [0.4, 0.5) is 11.4 Å². The van der Waals surface area contributed by atoms with Gasteiger partial charge >= 0.3 is 0 Å². The Bertz CT molecular complexity index is 844. The quantitative estimate of drug-likeness (QED) is 0.753. The molecule has 8 nitrogen and oxygen atoms in total. The molecule has 8 heteroatoms. The maximum absolute atomic E-state index is 12.2. The number of nitrogens with one attached hydrogen (secondary N) is 2. The van der Waals surface area contributed by atoms with Gasteiger partial charge in [0, 0.05) is 24.3 Å². The van der Waals surface area contributed by atoms with Crippen molar-refractivity contribution in [2.75, 3.05) is 43.6 Å². The minimum atomic E-state index is -0.349. The average molecular weight is 385 g/mol. The highest BCUT2D eigenvalue weighted by Gasteiger charge is 2.38. The largest absolute Gasteiger partial charge is 0.501 e. The maximum atomic E-state index is 12.2. The van der Waals surface area contributed by atoms with E-state index in [-0.39, 0.29) is 17.5 Å². The molecule has 0 radical (unpaired) electrons. The molecule has 0 bridgehead atoms. The van der Waals surface area contributed by atoms with Crippen molar-refractivity contribution in [3.8, 4) is 5.75 Å². The number of likely N-dealkylation sites (tertiary alicyclic amines) is 1. The van der Waals surface area contributed by atoms with Crippen LogP contribution in [0.2, 0.25) is 0 Å². The van der Waals surface area contributed by atoms with Crippen LogP contribution in [0.25, 0.3) is 6.08 Å². The van der Waals surface area contributed by atoms with Crippen molar-refractivity contribution in [1.82, 2.24) is 10.3 Å². The van der Waals surface area contributed by atoms with Crippen molar-refractivity contribution < 1.29 is 14.3 Å². The van der Waals surface area contributed by atoms with Crippen molar-refractivity contribution in [3.05, 3.63) is 24.0 Å². The number of amides is 1. The van der Waals surface area contributed by atoms with E-state index in [0.717, 1.165) is 35.8 Å². The minimum absolute atomic E-state index is 0.00543. The molecule has 0 aliphatic carbocycles. The summed E-state index contributed by atoms with van der Waals surface area (Å²) in [6.07, 6.45) is 3.64. The summed E-state index contributed by atoms with van der Waals surface area (Å²) >= 11 is 0. The molecule has 2 N–H and O–H groups in total. The highest BCUT2D eigenvalue weighted by atomic mass is 16.5. The minimum Gasteiger partial charge on any atom is -0.501 e. The molecule has 0 spiro atoms. The van der Waals surface area contributed by atoms with Gasteiger partial charge in [-0.05, 0) is 46.0 Å². The van der Waals surface area contributed by atoms with E-state index in [0.29, 0.717) is 19.0 Å². The van der Waals surface area contributed by atoms with Crippen LogP contribution in [0.15, 0.2) is 23.5 Å². The number of ether oxygens (including phenoxy) is 2. The molecule has 4 rings (SSSR count). The Morgan fingerprint density at radius 1 is 1.46 bits per heavy atom. The van der Waals surface area contributed by atoms with Crippen LogP contribution in [0, 0.1) is 0 Å². The third kappa shape index (κ3) is 3.28. The van der Waals surface area contributed by atoms with E-state index in [1.165, 1.54) is 0 Å². The summed E-state index contributed by atoms with van der Waals surface area (Å²) < 4.78 is 11.3. The fourth-order valence-corrected chi connectivity index (χ4v) is 4.10. The van der Waals surface area contributed by atoms with Crippen molar-refractivity contribution >= 4 is 29.2 Å². The number of carbonyl (C=O) groups is 1. The molecule has 1 aromatic carbocycles. The summed E-state index contributed by atoms with van der Waals surface area (Å²) in [6, 6.07) is 3.70. The summed E-state index contributed by atoms with van der Waals surface area (Å²) in [5.41, 5.74) is 5.37. The Labute approximate surface area is 165 Å². The molecule has 1 amide bonds. The van der Waals surface area contributed by atoms with Crippen LogP contribution in [0.3, 0.4) is 0 Å². The zero-order valence-electron chi connectivity index (χ0n) is 16.8. The molecule has 0 saturated carbocycles. The summed E-state index contributed by atoms with van der Waals surface area (Å²) in [5, 5.41) is 7.84. The fourth-order valence-electron chi connectivity index (χ4n) is 4.10. The second kappa shape index (κ2) is 7.01. The van der Waals surface area contributed by atoms with Gasteiger partial charge in [-0.1, -0.05) is 0 Å². The third-order valence-electron chi connectivity index (χ3n) is 5.27. The van der Waals surface area contributed by atoms with Crippen LogP contribution in [-0.4, -0.2) is 61.6 Å². The molecule has 150 valence electrons. The lowest BCUT2D eigenvalue weighted by molar-refractivity contribution is -0.122. The number of carbonyl (C=O) groups excluding carboxylic acids is 1. The first-order valence-corrected chi connectivity index (χ1v) is 9.61. The van der Waals surface area contributed by atoms with Gasteiger partial charge in [0.15, 0.2) is 5.84 Å². The van der Waals surface area contributed by atoms with Crippen molar-refractivity contribution in [2.24, 2.45) is 5.10 Å². The number of nitrogens with zero attached hydrogens (tertiary/aromatic N) is 3. The second-order valence-electron chi connectivity index (χ2n) is 7.86. The van der Waals surface area contributed by atoms with Crippen molar-refractivity contribution in [2.45, 2.75) is 32.4 Å². The van der Waals surface area contributed by atoms with Gasteiger partial charge < -0.3 is 24.6 Å². The number of hydrazone groups is 1. The Morgan fingerprint density at radius 3 is 2.96 bits per heavy atom. The molecule has 1 aromatic rings. The van der Waals surface area contributed by atoms with Gasteiger partial charge in [0.25, 0.3) is 5.91 Å². The second-order valence-corrected chi connectivity index (χ2v) is 7.86. The zero-order valence-corrected chi connectivity index (χ0v) is 16.8. The third-order valence-corrected chi connectivity index (χ3v) is 5.27. The molecular weight excluding hydrogens is 358 g/mol. The molecule has 3 aliphatic heterocycles. The molecule has 1 saturated heterocycles. The Kier molecular flexibility index (Phi) is 4.66. The molecule has 3 heterocycles. The van der Waals surface area contributed by atoms with Crippen LogP contribution in [0.5, 0.6) is 5.75 Å². The van der Waals surface area contributed by atoms with E-state index in [1.807, 2.05) is 37.0 Å². The van der Waals surface area contributed by atoms with Crippen LogP contribution >= 0.6 is 0 Å².